The van der Waals surface area contributed by atoms with Crippen molar-refractivity contribution in [3.8, 4) is 5.75 Å². The van der Waals surface area contributed by atoms with E-state index < -0.39 is 0 Å². The van der Waals surface area contributed by atoms with E-state index in [9.17, 15) is 4.39 Å². The lowest BCUT2D eigenvalue weighted by atomic mass is 9.89. The molecule has 2 rings (SSSR count). The smallest absolute Gasteiger partial charge is 0.193 e. The number of benzene rings is 1. The van der Waals surface area contributed by atoms with E-state index in [1.54, 1.807) is 18.2 Å². The number of hydrogen-bond donors (Lipinski definition) is 1. The second-order valence-electron chi connectivity index (χ2n) is 6.17. The predicted molar refractivity (Wildman–Crippen MR) is 105 cm³/mol. The molecule has 1 aromatic carbocycles. The normalized spacial score (nSPS) is 15.9. The summed E-state index contributed by atoms with van der Waals surface area (Å²) in [5.74, 6) is 0.772. The summed E-state index contributed by atoms with van der Waals surface area (Å²) in [6, 6.07) is 6.43. The van der Waals surface area contributed by atoms with Crippen molar-refractivity contribution in [2.45, 2.75) is 13.8 Å². The standard InChI is InChI=1S/C17H26FN3O2.HI/c1-4-19-16(20-11-17(2)12-22-13-17)21(3)9-10-23-15-8-6-5-7-14(15)18;/h5-8H,4,9-13H2,1-3H3,(H,19,20);1H. The van der Waals surface area contributed by atoms with E-state index in [1.807, 2.05) is 18.9 Å². The number of rotatable bonds is 7. The third kappa shape index (κ3) is 6.08. The number of nitrogens with one attached hydrogen (secondary N) is 1. The predicted octanol–water partition coefficient (Wildman–Crippen LogP) is 2.76. The second kappa shape index (κ2) is 10.0. The van der Waals surface area contributed by atoms with E-state index in [-0.39, 0.29) is 41.0 Å². The topological polar surface area (TPSA) is 46.1 Å². The minimum Gasteiger partial charge on any atom is -0.489 e. The second-order valence-corrected chi connectivity index (χ2v) is 6.17. The van der Waals surface area contributed by atoms with Gasteiger partial charge in [-0.25, -0.2) is 4.39 Å². The molecule has 0 saturated carbocycles. The molecule has 1 heterocycles. The van der Waals surface area contributed by atoms with Crippen LogP contribution >= 0.6 is 24.0 Å². The molecule has 5 nitrogen and oxygen atoms in total. The van der Waals surface area contributed by atoms with Gasteiger partial charge in [-0.15, -0.1) is 24.0 Å². The molecule has 0 aliphatic carbocycles. The van der Waals surface area contributed by atoms with E-state index in [0.717, 1.165) is 32.3 Å². The average molecular weight is 451 g/mol. The number of para-hydroxylation sites is 1. The summed E-state index contributed by atoms with van der Waals surface area (Å²) in [5, 5.41) is 3.27. The summed E-state index contributed by atoms with van der Waals surface area (Å²) < 4.78 is 24.3. The van der Waals surface area contributed by atoms with Crippen molar-refractivity contribution in [1.29, 1.82) is 0 Å². The van der Waals surface area contributed by atoms with Gasteiger partial charge in [0, 0.05) is 19.0 Å². The Morgan fingerprint density at radius 2 is 2.12 bits per heavy atom. The summed E-state index contributed by atoms with van der Waals surface area (Å²) in [7, 11) is 1.95. The highest BCUT2D eigenvalue weighted by molar-refractivity contribution is 14.0. The first-order valence-corrected chi connectivity index (χ1v) is 7.98. The number of ether oxygens (including phenoxy) is 2. The molecular weight excluding hydrogens is 424 g/mol. The lowest BCUT2D eigenvalue weighted by Gasteiger charge is -2.37. The van der Waals surface area contributed by atoms with Crippen LogP contribution in [0.15, 0.2) is 29.3 Å². The van der Waals surface area contributed by atoms with Crippen LogP contribution in [-0.4, -0.2) is 57.4 Å². The third-order valence-electron chi connectivity index (χ3n) is 3.73. The van der Waals surface area contributed by atoms with Gasteiger partial charge in [-0.1, -0.05) is 19.1 Å². The average Bonchev–Trinajstić information content (AvgIpc) is 2.51. The first-order valence-electron chi connectivity index (χ1n) is 7.98. The summed E-state index contributed by atoms with van der Waals surface area (Å²) in [5.41, 5.74) is 0.144. The molecule has 1 aliphatic heterocycles. The first kappa shape index (κ1) is 21.0. The number of hydrogen-bond acceptors (Lipinski definition) is 3. The molecule has 7 heteroatoms. The summed E-state index contributed by atoms with van der Waals surface area (Å²) >= 11 is 0. The highest BCUT2D eigenvalue weighted by atomic mass is 127. The van der Waals surface area contributed by atoms with Crippen molar-refractivity contribution >= 4 is 29.9 Å². The largest absolute Gasteiger partial charge is 0.489 e. The van der Waals surface area contributed by atoms with Crippen LogP contribution < -0.4 is 10.1 Å². The van der Waals surface area contributed by atoms with Gasteiger partial charge in [0.1, 0.15) is 6.61 Å². The lowest BCUT2D eigenvalue weighted by molar-refractivity contribution is -0.0945. The van der Waals surface area contributed by atoms with E-state index >= 15 is 0 Å². The number of nitrogens with zero attached hydrogens (tertiary/aromatic N) is 2. The molecule has 0 atom stereocenters. The van der Waals surface area contributed by atoms with Gasteiger partial charge in [-0.3, -0.25) is 4.99 Å². The Hall–Kier alpha value is -1.09. The van der Waals surface area contributed by atoms with Gasteiger partial charge in [0.05, 0.1) is 26.3 Å². The Kier molecular flexibility index (Phi) is 8.75. The summed E-state index contributed by atoms with van der Waals surface area (Å²) in [4.78, 5) is 6.67. The number of halogens is 2. The maximum absolute atomic E-state index is 13.5. The molecule has 0 aromatic heterocycles. The number of guanidine groups is 1. The Labute approximate surface area is 160 Å². The number of aliphatic imine (C=N–C) groups is 1. The highest BCUT2D eigenvalue weighted by Gasteiger charge is 2.33. The molecule has 1 N–H and O–H groups in total. The molecule has 0 radical (unpaired) electrons. The van der Waals surface area contributed by atoms with Crippen molar-refractivity contribution in [3.63, 3.8) is 0 Å². The van der Waals surface area contributed by atoms with E-state index in [2.05, 4.69) is 17.2 Å². The van der Waals surface area contributed by atoms with Crippen LogP contribution in [0.5, 0.6) is 5.75 Å². The van der Waals surface area contributed by atoms with E-state index in [1.165, 1.54) is 6.07 Å². The zero-order valence-electron chi connectivity index (χ0n) is 14.5. The zero-order valence-corrected chi connectivity index (χ0v) is 16.9. The van der Waals surface area contributed by atoms with Crippen LogP contribution in [0.1, 0.15) is 13.8 Å². The Balaban J connectivity index is 0.00000288. The molecule has 0 unspecified atom stereocenters. The molecule has 1 aromatic rings. The fourth-order valence-corrected chi connectivity index (χ4v) is 2.24. The van der Waals surface area contributed by atoms with Gasteiger partial charge in [-0.05, 0) is 19.1 Å². The van der Waals surface area contributed by atoms with Gasteiger partial charge in [0.25, 0.3) is 0 Å². The van der Waals surface area contributed by atoms with Gasteiger partial charge in [-0.2, -0.15) is 0 Å². The van der Waals surface area contributed by atoms with Crippen molar-refractivity contribution < 1.29 is 13.9 Å². The molecule has 1 aliphatic rings. The van der Waals surface area contributed by atoms with Crippen LogP contribution in [0, 0.1) is 11.2 Å². The van der Waals surface area contributed by atoms with Crippen LogP contribution in [0.25, 0.3) is 0 Å². The fraction of sp³-hybridized carbons (Fsp3) is 0.588. The zero-order chi connectivity index (χ0) is 16.7. The molecule has 1 fully saturated rings. The van der Waals surface area contributed by atoms with Gasteiger partial charge in [0.2, 0.25) is 0 Å². The maximum Gasteiger partial charge on any atom is 0.193 e. The first-order chi connectivity index (χ1) is 11.0. The number of likely N-dealkylation sites (N-methyl/N-ethyl adjacent to an activating group) is 1. The maximum atomic E-state index is 13.5. The van der Waals surface area contributed by atoms with E-state index in [0.29, 0.717) is 13.2 Å². The summed E-state index contributed by atoms with van der Waals surface area (Å²) in [6.45, 7) is 8.26. The Morgan fingerprint density at radius 3 is 2.71 bits per heavy atom. The molecule has 1 saturated heterocycles. The van der Waals surface area contributed by atoms with Crippen molar-refractivity contribution in [2.24, 2.45) is 10.4 Å². The molecular formula is C17H27FIN3O2. The highest BCUT2D eigenvalue weighted by Crippen LogP contribution is 2.26. The fourth-order valence-electron chi connectivity index (χ4n) is 2.24. The molecule has 24 heavy (non-hydrogen) atoms. The summed E-state index contributed by atoms with van der Waals surface area (Å²) in [6.07, 6.45) is 0. The van der Waals surface area contributed by atoms with Crippen LogP contribution in [-0.2, 0) is 4.74 Å². The Morgan fingerprint density at radius 1 is 1.42 bits per heavy atom. The molecule has 0 amide bonds. The lowest BCUT2D eigenvalue weighted by Crippen LogP contribution is -2.45. The van der Waals surface area contributed by atoms with Gasteiger partial charge in [0.15, 0.2) is 17.5 Å². The van der Waals surface area contributed by atoms with Crippen LogP contribution in [0.4, 0.5) is 4.39 Å². The van der Waals surface area contributed by atoms with Crippen molar-refractivity contribution in [2.75, 3.05) is 46.5 Å². The van der Waals surface area contributed by atoms with Crippen LogP contribution in [0.3, 0.4) is 0 Å². The molecule has 0 bridgehead atoms. The van der Waals surface area contributed by atoms with Crippen LogP contribution in [0.2, 0.25) is 0 Å². The SMILES string of the molecule is CCNC(=NCC1(C)COC1)N(C)CCOc1ccccc1F.I. The molecule has 136 valence electrons. The monoisotopic (exact) mass is 451 g/mol. The van der Waals surface area contributed by atoms with E-state index in [4.69, 9.17) is 9.47 Å². The minimum absolute atomic E-state index is 0. The third-order valence-corrected chi connectivity index (χ3v) is 3.73. The van der Waals surface area contributed by atoms with Gasteiger partial charge >= 0.3 is 0 Å². The van der Waals surface area contributed by atoms with Crippen molar-refractivity contribution in [1.82, 2.24) is 10.2 Å². The quantitative estimate of drug-likeness (QED) is 0.394. The van der Waals surface area contributed by atoms with Gasteiger partial charge < -0.3 is 19.7 Å². The minimum atomic E-state index is -0.339. The molecule has 0 spiro atoms. The van der Waals surface area contributed by atoms with Crippen molar-refractivity contribution in [3.05, 3.63) is 30.1 Å². The Bertz CT molecular complexity index is 538.